The topological polar surface area (TPSA) is 77.8 Å². The molecule has 5 nitrogen and oxygen atoms in total. The number of aliphatic carboxylic acids is 2. The van der Waals surface area contributed by atoms with Gasteiger partial charge < -0.3 is 10.2 Å². The molecule has 0 unspecified atom stereocenters. The van der Waals surface area contributed by atoms with Gasteiger partial charge in [0.15, 0.2) is 0 Å². The van der Waals surface area contributed by atoms with E-state index in [0.717, 1.165) is 19.6 Å². The number of nitrogens with zero attached hydrogens (tertiary/aromatic N) is 1. The number of hydrogen-bond donors (Lipinski definition) is 2. The van der Waals surface area contributed by atoms with Gasteiger partial charge in [-0.15, -0.1) is 0 Å². The number of halogens is 3. The molecule has 2 N–H and O–H groups in total. The van der Waals surface area contributed by atoms with Crippen molar-refractivity contribution in [2.45, 2.75) is 12.6 Å². The molecule has 1 aliphatic rings. The molecule has 0 aromatic carbocycles. The lowest BCUT2D eigenvalue weighted by molar-refractivity contribution is -0.192. The Balaban J connectivity index is 0.000000325. The maximum absolute atomic E-state index is 10.6. The number of carboxylic acid groups (broad SMARTS) is 2. The van der Waals surface area contributed by atoms with Crippen LogP contribution in [0.25, 0.3) is 0 Å². The summed E-state index contributed by atoms with van der Waals surface area (Å²) in [6.07, 6.45) is -0.958. The van der Waals surface area contributed by atoms with Gasteiger partial charge in [-0.25, -0.2) is 9.59 Å². The van der Waals surface area contributed by atoms with Crippen molar-refractivity contribution >= 4 is 11.9 Å². The van der Waals surface area contributed by atoms with Crippen LogP contribution in [0.2, 0.25) is 0 Å². The first-order chi connectivity index (χ1) is 7.73. The fourth-order valence-corrected chi connectivity index (χ4v) is 0.867. The summed E-state index contributed by atoms with van der Waals surface area (Å²) < 4.78 is 31.7. The second-order valence-electron chi connectivity index (χ2n) is 3.20. The zero-order valence-corrected chi connectivity index (χ0v) is 8.78. The zero-order chi connectivity index (χ0) is 13.5. The van der Waals surface area contributed by atoms with Crippen LogP contribution in [0.3, 0.4) is 0 Å². The van der Waals surface area contributed by atoms with Crippen LogP contribution in [0.5, 0.6) is 0 Å². The van der Waals surface area contributed by atoms with Crippen molar-refractivity contribution in [1.82, 2.24) is 4.90 Å². The average molecular weight is 255 g/mol. The summed E-state index contributed by atoms with van der Waals surface area (Å²) in [6, 6.07) is 0. The molecule has 1 aliphatic heterocycles. The van der Waals surface area contributed by atoms with Gasteiger partial charge in [-0.1, -0.05) is 6.08 Å². The van der Waals surface area contributed by atoms with Gasteiger partial charge in [0.1, 0.15) is 0 Å². The fraction of sp³-hybridized carbons (Fsp3) is 0.556. The molecule has 1 heterocycles. The van der Waals surface area contributed by atoms with Crippen molar-refractivity contribution in [3.8, 4) is 0 Å². The van der Waals surface area contributed by atoms with Gasteiger partial charge in [0.2, 0.25) is 0 Å². The molecule has 0 radical (unpaired) electrons. The Morgan fingerprint density at radius 3 is 1.94 bits per heavy atom. The monoisotopic (exact) mass is 255 g/mol. The minimum atomic E-state index is -5.08. The molecule has 1 saturated heterocycles. The summed E-state index contributed by atoms with van der Waals surface area (Å²) in [5, 5.41) is 15.3. The molecule has 0 aromatic heterocycles. The summed E-state index contributed by atoms with van der Waals surface area (Å²) in [5.41, 5.74) is 0. The third-order valence-electron chi connectivity index (χ3n) is 1.82. The zero-order valence-electron chi connectivity index (χ0n) is 8.78. The second kappa shape index (κ2) is 6.89. The van der Waals surface area contributed by atoms with Crippen LogP contribution >= 0.6 is 0 Å². The number of hydrogen-bond acceptors (Lipinski definition) is 3. The van der Waals surface area contributed by atoms with Crippen molar-refractivity contribution < 1.29 is 33.0 Å². The van der Waals surface area contributed by atoms with Crippen LogP contribution in [0.1, 0.15) is 6.42 Å². The van der Waals surface area contributed by atoms with Gasteiger partial charge >= 0.3 is 18.1 Å². The molecular formula is C9H12F3NO4. The Hall–Kier alpha value is -1.57. The van der Waals surface area contributed by atoms with Gasteiger partial charge in [0.25, 0.3) is 0 Å². The maximum atomic E-state index is 10.6. The Morgan fingerprint density at radius 2 is 1.71 bits per heavy atom. The van der Waals surface area contributed by atoms with Crippen LogP contribution in [0.15, 0.2) is 12.2 Å². The molecule has 0 saturated carbocycles. The summed E-state index contributed by atoms with van der Waals surface area (Å²) >= 11 is 0. The van der Waals surface area contributed by atoms with Crippen molar-refractivity contribution in [2.75, 3.05) is 19.6 Å². The van der Waals surface area contributed by atoms with Gasteiger partial charge in [-0.05, 0) is 19.5 Å². The highest BCUT2D eigenvalue weighted by Crippen LogP contribution is 2.13. The molecule has 0 spiro atoms. The Bertz CT molecular complexity index is 297. The lowest BCUT2D eigenvalue weighted by atomic mass is 10.2. The minimum Gasteiger partial charge on any atom is -0.478 e. The lowest BCUT2D eigenvalue weighted by Gasteiger charge is -2.29. The van der Waals surface area contributed by atoms with Crippen LogP contribution in [-0.2, 0) is 9.59 Å². The smallest absolute Gasteiger partial charge is 0.478 e. The Labute approximate surface area is 95.1 Å². The molecule has 1 fully saturated rings. The third-order valence-corrected chi connectivity index (χ3v) is 1.82. The normalized spacial score (nSPS) is 15.9. The maximum Gasteiger partial charge on any atom is 0.490 e. The van der Waals surface area contributed by atoms with E-state index in [9.17, 15) is 18.0 Å². The molecule has 17 heavy (non-hydrogen) atoms. The van der Waals surface area contributed by atoms with Crippen molar-refractivity contribution in [2.24, 2.45) is 0 Å². The predicted octanol–water partition coefficient (Wildman–Crippen LogP) is 0.966. The predicted molar refractivity (Wildman–Crippen MR) is 51.5 cm³/mol. The molecule has 0 aromatic rings. The quantitative estimate of drug-likeness (QED) is 0.734. The number of alkyl halides is 3. The number of likely N-dealkylation sites (tertiary alicyclic amines) is 1. The average Bonchev–Trinajstić information content (AvgIpc) is 2.08. The summed E-state index contributed by atoms with van der Waals surface area (Å²) in [5.74, 6) is -3.62. The molecule has 0 bridgehead atoms. The molecule has 0 amide bonds. The molecule has 98 valence electrons. The van der Waals surface area contributed by atoms with E-state index in [0.29, 0.717) is 0 Å². The molecule has 8 heteroatoms. The SMILES string of the molecule is O=C(O)/C=C/CN1CCC1.O=C(O)C(F)(F)F. The van der Waals surface area contributed by atoms with E-state index in [-0.39, 0.29) is 0 Å². The van der Waals surface area contributed by atoms with E-state index in [2.05, 4.69) is 4.90 Å². The van der Waals surface area contributed by atoms with E-state index in [1.165, 1.54) is 12.5 Å². The van der Waals surface area contributed by atoms with E-state index >= 15 is 0 Å². The highest BCUT2D eigenvalue weighted by atomic mass is 19.4. The highest BCUT2D eigenvalue weighted by Gasteiger charge is 2.38. The summed E-state index contributed by atoms with van der Waals surface area (Å²) in [7, 11) is 0. The minimum absolute atomic E-state index is 0.784. The van der Waals surface area contributed by atoms with Gasteiger partial charge in [0, 0.05) is 12.6 Å². The van der Waals surface area contributed by atoms with Crippen molar-refractivity contribution in [1.29, 1.82) is 0 Å². The lowest BCUT2D eigenvalue weighted by Crippen LogP contribution is -2.36. The van der Waals surface area contributed by atoms with Gasteiger partial charge in [-0.3, -0.25) is 4.90 Å². The van der Waals surface area contributed by atoms with Crippen molar-refractivity contribution in [3.63, 3.8) is 0 Å². The van der Waals surface area contributed by atoms with Crippen LogP contribution in [0, 0.1) is 0 Å². The molecule has 0 atom stereocenters. The Morgan fingerprint density at radius 1 is 1.24 bits per heavy atom. The van der Waals surface area contributed by atoms with E-state index < -0.39 is 18.1 Å². The molecule has 0 aliphatic carbocycles. The van der Waals surface area contributed by atoms with Crippen LogP contribution < -0.4 is 0 Å². The second-order valence-corrected chi connectivity index (χ2v) is 3.20. The van der Waals surface area contributed by atoms with Crippen LogP contribution in [0.4, 0.5) is 13.2 Å². The largest absolute Gasteiger partial charge is 0.490 e. The molecule has 1 rings (SSSR count). The first-order valence-electron chi connectivity index (χ1n) is 4.65. The van der Waals surface area contributed by atoms with Gasteiger partial charge in [0.05, 0.1) is 0 Å². The number of carbonyl (C=O) groups is 2. The fourth-order valence-electron chi connectivity index (χ4n) is 0.867. The van der Waals surface area contributed by atoms with E-state index in [1.807, 2.05) is 0 Å². The van der Waals surface area contributed by atoms with Crippen LogP contribution in [-0.4, -0.2) is 52.9 Å². The standard InChI is InChI=1S/C7H11NO2.C2HF3O2/c9-7(10)3-1-4-8-5-2-6-8;3-2(4,5)1(6)7/h1,3H,2,4-6H2,(H,9,10);(H,6,7)/b3-1+;. The summed E-state index contributed by atoms with van der Waals surface area (Å²) in [4.78, 5) is 21.1. The number of carboxylic acids is 2. The highest BCUT2D eigenvalue weighted by molar-refractivity contribution is 5.79. The Kier molecular flexibility index (Phi) is 6.26. The molecular weight excluding hydrogens is 243 g/mol. The van der Waals surface area contributed by atoms with Crippen molar-refractivity contribution in [3.05, 3.63) is 12.2 Å². The number of rotatable bonds is 3. The first-order valence-corrected chi connectivity index (χ1v) is 4.65. The van der Waals surface area contributed by atoms with E-state index in [1.54, 1.807) is 6.08 Å². The summed E-state index contributed by atoms with van der Waals surface area (Å²) in [6.45, 7) is 3.01. The van der Waals surface area contributed by atoms with Gasteiger partial charge in [-0.2, -0.15) is 13.2 Å². The van der Waals surface area contributed by atoms with E-state index in [4.69, 9.17) is 15.0 Å². The first kappa shape index (κ1) is 15.4. The third kappa shape index (κ3) is 8.26.